The first kappa shape index (κ1) is 25.3. The van der Waals surface area contributed by atoms with Gasteiger partial charge in [0.2, 0.25) is 0 Å². The molecule has 6 nitrogen and oxygen atoms in total. The molecule has 36 heavy (non-hydrogen) atoms. The average Bonchev–Trinajstić information content (AvgIpc) is 3.33. The molecule has 0 radical (unpaired) electrons. The third-order valence-corrected chi connectivity index (χ3v) is 6.17. The number of aromatic nitrogens is 3. The van der Waals surface area contributed by atoms with Crippen LogP contribution in [0, 0.1) is 5.92 Å². The van der Waals surface area contributed by atoms with Crippen molar-refractivity contribution < 1.29 is 9.53 Å². The minimum absolute atomic E-state index is 0.0590. The van der Waals surface area contributed by atoms with Crippen molar-refractivity contribution in [3.8, 4) is 0 Å². The van der Waals surface area contributed by atoms with Crippen LogP contribution in [0.4, 0.5) is 0 Å². The lowest BCUT2D eigenvalue weighted by atomic mass is 10.0. The van der Waals surface area contributed by atoms with Gasteiger partial charge in [0, 0.05) is 19.2 Å². The Morgan fingerprint density at radius 3 is 1.92 bits per heavy atom. The van der Waals surface area contributed by atoms with E-state index < -0.39 is 0 Å². The first-order chi connectivity index (χ1) is 17.6. The number of fused-ring (bicyclic) bond motifs is 1. The molecule has 2 unspecified atom stereocenters. The van der Waals surface area contributed by atoms with Crippen molar-refractivity contribution in [3.05, 3.63) is 108 Å². The first-order valence-electron chi connectivity index (χ1n) is 12.6. The van der Waals surface area contributed by atoms with Gasteiger partial charge in [-0.2, -0.15) is 15.0 Å². The van der Waals surface area contributed by atoms with E-state index in [1.165, 1.54) is 17.2 Å². The second-order valence-corrected chi connectivity index (χ2v) is 9.03. The summed E-state index contributed by atoms with van der Waals surface area (Å²) in [6, 6.07) is 29.0. The smallest absolute Gasteiger partial charge is 0.330 e. The summed E-state index contributed by atoms with van der Waals surface area (Å²) in [5.41, 5.74) is 4.25. The van der Waals surface area contributed by atoms with Crippen LogP contribution in [-0.4, -0.2) is 32.5 Å². The van der Waals surface area contributed by atoms with Gasteiger partial charge >= 0.3 is 5.97 Å². The van der Waals surface area contributed by atoms with Crippen molar-refractivity contribution in [2.45, 2.75) is 45.9 Å². The minimum atomic E-state index is -0.296. The number of nitrogens with zero attached hydrogens (tertiary/aromatic N) is 4. The lowest BCUT2D eigenvalue weighted by Gasteiger charge is -2.32. The maximum atomic E-state index is 11.8. The van der Waals surface area contributed by atoms with Crippen molar-refractivity contribution in [2.75, 3.05) is 6.61 Å². The van der Waals surface area contributed by atoms with Crippen LogP contribution in [0.15, 0.2) is 97.1 Å². The van der Waals surface area contributed by atoms with Gasteiger partial charge in [0.05, 0.1) is 6.61 Å². The van der Waals surface area contributed by atoms with E-state index >= 15 is 0 Å². The molecule has 0 saturated carbocycles. The van der Waals surface area contributed by atoms with E-state index in [9.17, 15) is 4.79 Å². The van der Waals surface area contributed by atoms with Crippen LogP contribution in [0.3, 0.4) is 0 Å². The molecule has 0 aliphatic carbocycles. The number of esters is 1. The summed E-state index contributed by atoms with van der Waals surface area (Å²) in [4.78, 5) is 16.1. The zero-order valence-electron chi connectivity index (χ0n) is 21.0. The van der Waals surface area contributed by atoms with Crippen molar-refractivity contribution >= 4 is 17.0 Å². The van der Waals surface area contributed by atoms with Crippen molar-refractivity contribution in [3.63, 3.8) is 0 Å². The van der Waals surface area contributed by atoms with E-state index in [4.69, 9.17) is 14.9 Å². The molecule has 1 heterocycles. The fourth-order valence-electron chi connectivity index (χ4n) is 4.30. The van der Waals surface area contributed by atoms with E-state index in [-0.39, 0.29) is 18.1 Å². The highest BCUT2D eigenvalue weighted by Gasteiger charge is 2.24. The van der Waals surface area contributed by atoms with Crippen molar-refractivity contribution in [1.82, 2.24) is 19.9 Å². The predicted octanol–water partition coefficient (Wildman–Crippen LogP) is 6.17. The highest BCUT2D eigenvalue weighted by Crippen LogP contribution is 2.27. The molecule has 0 N–H and O–H groups in total. The fourth-order valence-corrected chi connectivity index (χ4v) is 4.30. The monoisotopic (exact) mass is 482 g/mol. The topological polar surface area (TPSA) is 60.2 Å². The molecule has 3 aromatic carbocycles. The zero-order valence-corrected chi connectivity index (χ0v) is 21.0. The second-order valence-electron chi connectivity index (χ2n) is 9.03. The summed E-state index contributed by atoms with van der Waals surface area (Å²) >= 11 is 0. The normalized spacial score (nSPS) is 13.3. The SMILES string of the molecule is CCOC(=O)/C=C/C(C)CCC(N(Cc1ccccc1)Cc1ccccc1)n1nc2ccccc2n1. The third-order valence-electron chi connectivity index (χ3n) is 6.17. The van der Waals surface area contributed by atoms with E-state index in [0.29, 0.717) is 6.61 Å². The van der Waals surface area contributed by atoms with E-state index in [1.807, 2.05) is 54.2 Å². The summed E-state index contributed by atoms with van der Waals surface area (Å²) in [6.45, 7) is 5.86. The van der Waals surface area contributed by atoms with Crippen LogP contribution < -0.4 is 0 Å². The molecule has 4 aromatic rings. The fraction of sp³-hybridized carbons (Fsp3) is 0.300. The van der Waals surface area contributed by atoms with Crippen LogP contribution in [-0.2, 0) is 22.6 Å². The van der Waals surface area contributed by atoms with Crippen LogP contribution in [0.25, 0.3) is 11.0 Å². The average molecular weight is 483 g/mol. The minimum Gasteiger partial charge on any atom is -0.463 e. The highest BCUT2D eigenvalue weighted by atomic mass is 16.5. The first-order valence-corrected chi connectivity index (χ1v) is 12.6. The zero-order chi connectivity index (χ0) is 25.2. The molecular formula is C30H34N4O2. The second kappa shape index (κ2) is 12.8. The number of benzene rings is 3. The molecule has 0 fully saturated rings. The molecule has 0 spiro atoms. The Kier molecular flexibility index (Phi) is 9.00. The van der Waals surface area contributed by atoms with Gasteiger partial charge in [-0.1, -0.05) is 85.8 Å². The molecule has 0 bridgehead atoms. The Hall–Kier alpha value is -3.77. The molecule has 0 amide bonds. The van der Waals surface area contributed by atoms with Crippen LogP contribution in [0.2, 0.25) is 0 Å². The summed E-state index contributed by atoms with van der Waals surface area (Å²) < 4.78 is 5.03. The van der Waals surface area contributed by atoms with Gasteiger partial charge in [0.15, 0.2) is 0 Å². The number of hydrogen-bond donors (Lipinski definition) is 0. The van der Waals surface area contributed by atoms with E-state index in [2.05, 4.69) is 60.4 Å². The molecule has 4 rings (SSSR count). The lowest BCUT2D eigenvalue weighted by Crippen LogP contribution is -2.33. The van der Waals surface area contributed by atoms with Crippen LogP contribution in [0.1, 0.15) is 44.0 Å². The number of rotatable bonds is 12. The Balaban J connectivity index is 1.63. The molecule has 0 saturated heterocycles. The predicted molar refractivity (Wildman–Crippen MR) is 143 cm³/mol. The molecule has 1 aromatic heterocycles. The van der Waals surface area contributed by atoms with Gasteiger partial charge in [0.1, 0.15) is 17.2 Å². The Bertz CT molecular complexity index is 1180. The summed E-state index contributed by atoms with van der Waals surface area (Å²) in [6.07, 6.45) is 5.11. The Morgan fingerprint density at radius 1 is 0.861 bits per heavy atom. The van der Waals surface area contributed by atoms with Gasteiger partial charge in [-0.25, -0.2) is 4.79 Å². The summed E-state index contributed by atoms with van der Waals surface area (Å²) in [5.74, 6) is -0.0899. The van der Waals surface area contributed by atoms with Gasteiger partial charge in [0.25, 0.3) is 0 Å². The number of allylic oxidation sites excluding steroid dienone is 1. The molecular weight excluding hydrogens is 448 g/mol. The standard InChI is InChI=1S/C30H34N4O2/c1-3-36-30(35)21-19-24(2)18-20-29(34-31-27-16-10-11-17-28(27)32-34)33(22-25-12-6-4-7-13-25)23-26-14-8-5-9-15-26/h4-17,19,21,24,29H,3,18,20,22-23H2,1-2H3/b21-19+. The van der Waals surface area contributed by atoms with Gasteiger partial charge < -0.3 is 4.74 Å². The van der Waals surface area contributed by atoms with Gasteiger partial charge in [-0.3, -0.25) is 4.90 Å². The molecule has 2 atom stereocenters. The lowest BCUT2D eigenvalue weighted by molar-refractivity contribution is -0.137. The molecule has 0 aliphatic heterocycles. The summed E-state index contributed by atoms with van der Waals surface area (Å²) in [7, 11) is 0. The van der Waals surface area contributed by atoms with E-state index in [0.717, 1.165) is 37.0 Å². The number of hydrogen-bond acceptors (Lipinski definition) is 5. The Labute approximate surface area is 213 Å². The molecule has 0 aliphatic rings. The number of carbonyl (C=O) groups is 1. The Morgan fingerprint density at radius 2 is 1.39 bits per heavy atom. The van der Waals surface area contributed by atoms with Crippen molar-refractivity contribution in [2.24, 2.45) is 5.92 Å². The number of carbonyl (C=O) groups excluding carboxylic acids is 1. The van der Waals surface area contributed by atoms with Crippen LogP contribution >= 0.6 is 0 Å². The van der Waals surface area contributed by atoms with E-state index in [1.54, 1.807) is 0 Å². The van der Waals surface area contributed by atoms with Gasteiger partial charge in [-0.05, 0) is 48.9 Å². The summed E-state index contributed by atoms with van der Waals surface area (Å²) in [5, 5.41) is 9.73. The largest absolute Gasteiger partial charge is 0.463 e. The quantitative estimate of drug-likeness (QED) is 0.179. The third kappa shape index (κ3) is 7.12. The molecule has 186 valence electrons. The van der Waals surface area contributed by atoms with Gasteiger partial charge in [-0.15, -0.1) is 0 Å². The highest BCUT2D eigenvalue weighted by molar-refractivity contribution is 5.81. The van der Waals surface area contributed by atoms with Crippen molar-refractivity contribution in [1.29, 1.82) is 0 Å². The van der Waals surface area contributed by atoms with Crippen LogP contribution in [0.5, 0.6) is 0 Å². The molecule has 6 heteroatoms. The maximum absolute atomic E-state index is 11.8. The maximum Gasteiger partial charge on any atom is 0.330 e. The number of ether oxygens (including phenoxy) is 1.